The molecular formula is C34H35ClN2O3. The Hall–Kier alpha value is -3.83. The van der Waals surface area contributed by atoms with Crippen LogP contribution in [0.15, 0.2) is 97.1 Å². The smallest absolute Gasteiger partial charge is 0.261 e. The van der Waals surface area contributed by atoms with E-state index in [0.717, 1.165) is 47.6 Å². The maximum Gasteiger partial charge on any atom is 0.261 e. The number of hydrogen-bond acceptors (Lipinski definition) is 3. The van der Waals surface area contributed by atoms with E-state index >= 15 is 0 Å². The van der Waals surface area contributed by atoms with E-state index in [1.54, 1.807) is 11.0 Å². The van der Waals surface area contributed by atoms with Gasteiger partial charge in [0.25, 0.3) is 5.91 Å². The highest BCUT2D eigenvalue weighted by atomic mass is 35.5. The van der Waals surface area contributed by atoms with Crippen LogP contribution in [-0.4, -0.2) is 35.4 Å². The number of fused-ring (bicyclic) bond motifs is 1. The molecule has 0 bridgehead atoms. The predicted molar refractivity (Wildman–Crippen MR) is 160 cm³/mol. The first-order valence-corrected chi connectivity index (χ1v) is 14.4. The van der Waals surface area contributed by atoms with Crippen LogP contribution in [0.4, 0.5) is 0 Å². The summed E-state index contributed by atoms with van der Waals surface area (Å²) in [6.45, 7) is 0.0600. The van der Waals surface area contributed by atoms with Crippen LogP contribution in [0.25, 0.3) is 10.8 Å². The van der Waals surface area contributed by atoms with Crippen LogP contribution in [0, 0.1) is 0 Å². The third kappa shape index (κ3) is 7.22. The van der Waals surface area contributed by atoms with E-state index in [1.807, 2.05) is 91.0 Å². The molecule has 0 unspecified atom stereocenters. The second kappa shape index (κ2) is 13.5. The number of halogens is 1. The summed E-state index contributed by atoms with van der Waals surface area (Å²) in [7, 11) is 0. The van der Waals surface area contributed by atoms with Gasteiger partial charge in [0.05, 0.1) is 0 Å². The first kappa shape index (κ1) is 27.7. The lowest BCUT2D eigenvalue weighted by molar-refractivity contribution is -0.143. The molecule has 1 fully saturated rings. The van der Waals surface area contributed by atoms with Crippen molar-refractivity contribution in [3.8, 4) is 5.75 Å². The maximum absolute atomic E-state index is 14.0. The number of carbonyl (C=O) groups excluding carboxylic acids is 2. The zero-order valence-electron chi connectivity index (χ0n) is 22.6. The number of benzene rings is 4. The van der Waals surface area contributed by atoms with E-state index in [9.17, 15) is 9.59 Å². The summed E-state index contributed by atoms with van der Waals surface area (Å²) in [6.07, 6.45) is 5.76. The lowest BCUT2D eigenvalue weighted by Gasteiger charge is -2.33. The molecule has 0 heterocycles. The Morgan fingerprint density at radius 3 is 2.35 bits per heavy atom. The monoisotopic (exact) mass is 554 g/mol. The number of nitrogens with one attached hydrogen (secondary N) is 1. The molecule has 6 heteroatoms. The van der Waals surface area contributed by atoms with Crippen LogP contribution >= 0.6 is 11.6 Å². The Bertz CT molecular complexity index is 1430. The number of rotatable bonds is 10. The molecule has 1 N–H and O–H groups in total. The minimum atomic E-state index is -0.702. The molecule has 5 rings (SSSR count). The van der Waals surface area contributed by atoms with E-state index in [-0.39, 0.29) is 31.0 Å². The highest BCUT2D eigenvalue weighted by molar-refractivity contribution is 6.30. The number of hydrogen-bond donors (Lipinski definition) is 1. The van der Waals surface area contributed by atoms with Crippen molar-refractivity contribution < 1.29 is 14.3 Å². The molecule has 40 heavy (non-hydrogen) atoms. The molecule has 0 saturated heterocycles. The molecule has 4 aromatic carbocycles. The van der Waals surface area contributed by atoms with E-state index in [1.165, 1.54) is 6.42 Å². The van der Waals surface area contributed by atoms with Gasteiger partial charge in [-0.1, -0.05) is 110 Å². The van der Waals surface area contributed by atoms with Gasteiger partial charge in [-0.2, -0.15) is 0 Å². The molecule has 0 aromatic heterocycles. The van der Waals surface area contributed by atoms with Gasteiger partial charge < -0.3 is 15.0 Å². The van der Waals surface area contributed by atoms with Crippen molar-refractivity contribution in [1.29, 1.82) is 0 Å². The minimum absolute atomic E-state index is 0.128. The van der Waals surface area contributed by atoms with Crippen molar-refractivity contribution in [1.82, 2.24) is 10.2 Å². The van der Waals surface area contributed by atoms with E-state index < -0.39 is 6.04 Å². The van der Waals surface area contributed by atoms with Crippen LogP contribution < -0.4 is 10.1 Å². The van der Waals surface area contributed by atoms with E-state index in [4.69, 9.17) is 16.3 Å². The van der Waals surface area contributed by atoms with Crippen LogP contribution in [0.5, 0.6) is 5.75 Å². The minimum Gasteiger partial charge on any atom is -0.483 e. The third-order valence-corrected chi connectivity index (χ3v) is 7.80. The van der Waals surface area contributed by atoms with Crippen molar-refractivity contribution >= 4 is 34.2 Å². The Morgan fingerprint density at radius 1 is 0.850 bits per heavy atom. The normalized spacial score (nSPS) is 14.4. The van der Waals surface area contributed by atoms with Crippen molar-refractivity contribution in [2.75, 3.05) is 6.61 Å². The topological polar surface area (TPSA) is 58.6 Å². The molecule has 1 saturated carbocycles. The van der Waals surface area contributed by atoms with Gasteiger partial charge in [-0.3, -0.25) is 9.59 Å². The fourth-order valence-corrected chi connectivity index (χ4v) is 5.69. The van der Waals surface area contributed by atoms with Gasteiger partial charge in [0.2, 0.25) is 5.91 Å². The predicted octanol–water partition coefficient (Wildman–Crippen LogP) is 6.96. The molecule has 1 atom stereocenters. The summed E-state index contributed by atoms with van der Waals surface area (Å²) in [5.74, 6) is 0.254. The second-order valence-corrected chi connectivity index (χ2v) is 10.9. The Kier molecular flexibility index (Phi) is 9.35. The average molecular weight is 555 g/mol. The van der Waals surface area contributed by atoms with Crippen molar-refractivity contribution in [2.24, 2.45) is 0 Å². The van der Waals surface area contributed by atoms with Crippen LogP contribution in [0.3, 0.4) is 0 Å². The largest absolute Gasteiger partial charge is 0.483 e. The molecule has 0 aliphatic heterocycles. The fourth-order valence-electron chi connectivity index (χ4n) is 5.47. The van der Waals surface area contributed by atoms with Crippen molar-refractivity contribution in [3.63, 3.8) is 0 Å². The van der Waals surface area contributed by atoms with Crippen LogP contribution in [0.2, 0.25) is 5.02 Å². The number of carbonyl (C=O) groups is 2. The Balaban J connectivity index is 1.43. The van der Waals surface area contributed by atoms with Gasteiger partial charge in [-0.25, -0.2) is 0 Å². The number of nitrogens with zero attached hydrogens (tertiary/aromatic N) is 1. The van der Waals surface area contributed by atoms with E-state index in [0.29, 0.717) is 17.2 Å². The first-order chi connectivity index (χ1) is 19.6. The summed E-state index contributed by atoms with van der Waals surface area (Å²) in [6, 6.07) is 30.4. The number of amides is 2. The van der Waals surface area contributed by atoms with Gasteiger partial charge >= 0.3 is 0 Å². The third-order valence-electron chi connectivity index (χ3n) is 7.57. The van der Waals surface area contributed by atoms with Gasteiger partial charge in [0.1, 0.15) is 11.8 Å². The quantitative estimate of drug-likeness (QED) is 0.230. The SMILES string of the molecule is O=C(NC1CCCCC1)[C@@H](Cc1ccccc1)N(Cc1cccc(Cl)c1)C(=O)COc1cccc2ccccc12. The molecule has 2 amide bonds. The van der Waals surface area contributed by atoms with Gasteiger partial charge in [-0.05, 0) is 47.6 Å². The maximum atomic E-state index is 14.0. The average Bonchev–Trinajstić information content (AvgIpc) is 2.98. The van der Waals surface area contributed by atoms with Crippen LogP contribution in [-0.2, 0) is 22.6 Å². The summed E-state index contributed by atoms with van der Waals surface area (Å²) < 4.78 is 6.10. The second-order valence-electron chi connectivity index (χ2n) is 10.5. The zero-order valence-corrected chi connectivity index (χ0v) is 23.4. The van der Waals surface area contributed by atoms with Crippen LogP contribution in [0.1, 0.15) is 43.2 Å². The first-order valence-electron chi connectivity index (χ1n) is 14.1. The van der Waals surface area contributed by atoms with Crippen molar-refractivity contribution in [3.05, 3.63) is 113 Å². The van der Waals surface area contributed by atoms with Crippen molar-refractivity contribution in [2.45, 2.75) is 57.2 Å². The Labute approximate surface area is 241 Å². The molecule has 206 valence electrons. The summed E-state index contributed by atoms with van der Waals surface area (Å²) in [5.41, 5.74) is 1.85. The van der Waals surface area contributed by atoms with E-state index in [2.05, 4.69) is 5.32 Å². The molecular weight excluding hydrogens is 520 g/mol. The molecule has 5 nitrogen and oxygen atoms in total. The highest BCUT2D eigenvalue weighted by Gasteiger charge is 2.32. The molecule has 0 spiro atoms. The fraction of sp³-hybridized carbons (Fsp3) is 0.294. The molecule has 1 aliphatic rings. The Morgan fingerprint density at radius 2 is 1.55 bits per heavy atom. The van der Waals surface area contributed by atoms with Gasteiger partial charge in [0, 0.05) is 29.4 Å². The molecule has 0 radical (unpaired) electrons. The summed E-state index contributed by atoms with van der Waals surface area (Å²) in [5, 5.41) is 5.84. The van der Waals surface area contributed by atoms with Gasteiger partial charge in [0.15, 0.2) is 6.61 Å². The van der Waals surface area contributed by atoms with Gasteiger partial charge in [-0.15, -0.1) is 0 Å². The summed E-state index contributed by atoms with van der Waals surface area (Å²) >= 11 is 6.30. The molecule has 4 aromatic rings. The zero-order chi connectivity index (χ0) is 27.7. The lowest BCUT2D eigenvalue weighted by Crippen LogP contribution is -2.53. The molecule has 1 aliphatic carbocycles. The lowest BCUT2D eigenvalue weighted by atomic mass is 9.94. The standard InChI is InChI=1S/C34H35ClN2O3/c35-28-16-9-13-26(21-28)23-37(33(38)24-40-32-20-10-15-27-14-7-8-19-30(27)32)31(22-25-11-3-1-4-12-25)34(39)36-29-17-5-2-6-18-29/h1,3-4,7-16,19-21,29,31H,2,5-6,17-18,22-24H2,(H,36,39)/t31-/m1/s1. The highest BCUT2D eigenvalue weighted by Crippen LogP contribution is 2.26. The summed E-state index contributed by atoms with van der Waals surface area (Å²) in [4.78, 5) is 29.5. The number of ether oxygens (including phenoxy) is 1.